The van der Waals surface area contributed by atoms with Gasteiger partial charge in [0.1, 0.15) is 5.69 Å². The van der Waals surface area contributed by atoms with Gasteiger partial charge in [0, 0.05) is 5.02 Å². The Morgan fingerprint density at radius 1 is 1.30 bits per heavy atom. The zero-order valence-corrected chi connectivity index (χ0v) is 11.2. The van der Waals surface area contributed by atoms with Gasteiger partial charge in [0.15, 0.2) is 5.82 Å². The van der Waals surface area contributed by atoms with E-state index in [1.54, 1.807) is 25.3 Å². The number of nitrogens with zero attached hydrogens (tertiary/aromatic N) is 7. The molecule has 3 aromatic rings. The molecule has 0 bridgehead atoms. The maximum absolute atomic E-state index is 5.81. The summed E-state index contributed by atoms with van der Waals surface area (Å²) in [5, 5.41) is 19.8. The zero-order valence-electron chi connectivity index (χ0n) is 10.4. The maximum Gasteiger partial charge on any atom is 0.293 e. The number of aryl methyl sites for hydroxylation is 1. The second-order valence-electron chi connectivity index (χ2n) is 3.94. The molecule has 0 fully saturated rings. The second-order valence-corrected chi connectivity index (χ2v) is 4.37. The van der Waals surface area contributed by atoms with Gasteiger partial charge in [-0.2, -0.15) is 10.1 Å². The largest absolute Gasteiger partial charge is 0.293 e. The number of rotatable bonds is 3. The van der Waals surface area contributed by atoms with Crippen molar-refractivity contribution in [2.45, 2.75) is 6.92 Å². The van der Waals surface area contributed by atoms with Crippen molar-refractivity contribution in [3.63, 3.8) is 0 Å². The number of fused-ring (bicyclic) bond motifs is 1. The quantitative estimate of drug-likeness (QED) is 0.577. The van der Waals surface area contributed by atoms with E-state index in [2.05, 4.69) is 36.1 Å². The van der Waals surface area contributed by atoms with Crippen LogP contribution in [-0.2, 0) is 0 Å². The molecule has 1 N–H and O–H groups in total. The van der Waals surface area contributed by atoms with Crippen LogP contribution in [0.5, 0.6) is 0 Å². The number of aromatic nitrogens is 6. The Hall–Kier alpha value is -2.61. The first-order valence-electron chi connectivity index (χ1n) is 5.70. The molecule has 0 saturated carbocycles. The summed E-state index contributed by atoms with van der Waals surface area (Å²) in [6.07, 6.45) is 1.66. The first-order valence-corrected chi connectivity index (χ1v) is 6.08. The summed E-state index contributed by atoms with van der Waals surface area (Å²) in [6.45, 7) is 1.79. The monoisotopic (exact) mass is 288 g/mol. The van der Waals surface area contributed by atoms with Gasteiger partial charge in [0.25, 0.3) is 5.78 Å². The summed E-state index contributed by atoms with van der Waals surface area (Å²) in [5.74, 6) is 0.803. The van der Waals surface area contributed by atoms with Crippen LogP contribution in [-0.4, -0.2) is 36.5 Å². The van der Waals surface area contributed by atoms with E-state index < -0.39 is 0 Å². The number of hydrogen-bond acceptors (Lipinski definition) is 7. The van der Waals surface area contributed by atoms with Gasteiger partial charge < -0.3 is 0 Å². The third-order valence-electron chi connectivity index (χ3n) is 2.49. The molecule has 3 rings (SSSR count). The molecular formula is C11H9ClN8. The minimum Gasteiger partial charge on any atom is -0.260 e. The molecule has 20 heavy (non-hydrogen) atoms. The SMILES string of the molecule is Cc1nn2nnnc2nc1NN=Cc1ccc(Cl)cc1. The highest BCUT2D eigenvalue weighted by Crippen LogP contribution is 2.09. The fourth-order valence-corrected chi connectivity index (χ4v) is 1.63. The lowest BCUT2D eigenvalue weighted by Crippen LogP contribution is -2.05. The van der Waals surface area contributed by atoms with E-state index in [9.17, 15) is 0 Å². The number of tetrazole rings is 1. The minimum atomic E-state index is 0.305. The molecule has 2 aromatic heterocycles. The topological polar surface area (TPSA) is 93.2 Å². The van der Waals surface area contributed by atoms with Gasteiger partial charge in [-0.25, -0.2) is 0 Å². The molecule has 8 nitrogen and oxygen atoms in total. The van der Waals surface area contributed by atoms with Crippen molar-refractivity contribution >= 4 is 29.4 Å². The van der Waals surface area contributed by atoms with Crippen molar-refractivity contribution in [3.05, 3.63) is 40.5 Å². The molecule has 0 aliphatic carbocycles. The van der Waals surface area contributed by atoms with Crippen molar-refractivity contribution in [1.29, 1.82) is 0 Å². The molecule has 0 atom stereocenters. The van der Waals surface area contributed by atoms with Gasteiger partial charge in [0.05, 0.1) is 6.21 Å². The highest BCUT2D eigenvalue weighted by molar-refractivity contribution is 6.30. The van der Waals surface area contributed by atoms with Crippen molar-refractivity contribution < 1.29 is 0 Å². The van der Waals surface area contributed by atoms with E-state index in [-0.39, 0.29) is 0 Å². The Morgan fingerprint density at radius 2 is 2.10 bits per heavy atom. The third kappa shape index (κ3) is 2.54. The number of benzene rings is 1. The number of hydrazone groups is 1. The Bertz CT molecular complexity index is 764. The van der Waals surface area contributed by atoms with E-state index in [0.717, 1.165) is 5.56 Å². The molecular weight excluding hydrogens is 280 g/mol. The van der Waals surface area contributed by atoms with Crippen LogP contribution in [0.15, 0.2) is 29.4 Å². The molecule has 0 saturated heterocycles. The van der Waals surface area contributed by atoms with Gasteiger partial charge in [-0.1, -0.05) is 33.5 Å². The normalized spacial score (nSPS) is 11.3. The Balaban J connectivity index is 1.79. The summed E-state index contributed by atoms with van der Waals surface area (Å²) in [5.41, 5.74) is 4.36. The van der Waals surface area contributed by atoms with Gasteiger partial charge in [-0.3, -0.25) is 5.43 Å². The highest BCUT2D eigenvalue weighted by Gasteiger charge is 2.06. The van der Waals surface area contributed by atoms with Crippen LogP contribution in [0.25, 0.3) is 5.78 Å². The van der Waals surface area contributed by atoms with Crippen LogP contribution in [0, 0.1) is 6.92 Å². The van der Waals surface area contributed by atoms with Crippen LogP contribution in [0.3, 0.4) is 0 Å². The first kappa shape index (κ1) is 12.4. The lowest BCUT2D eigenvalue weighted by molar-refractivity contribution is 0.714. The summed E-state index contributed by atoms with van der Waals surface area (Å²) >= 11 is 5.81. The average molecular weight is 289 g/mol. The molecule has 9 heteroatoms. The Labute approximate surface area is 118 Å². The summed E-state index contributed by atoms with van der Waals surface area (Å²) in [6, 6.07) is 7.30. The van der Waals surface area contributed by atoms with Crippen LogP contribution in [0.2, 0.25) is 5.02 Å². The Morgan fingerprint density at radius 3 is 2.90 bits per heavy atom. The molecule has 0 aliphatic rings. The Kier molecular flexibility index (Phi) is 3.21. The average Bonchev–Trinajstić information content (AvgIpc) is 2.88. The summed E-state index contributed by atoms with van der Waals surface area (Å²) in [4.78, 5) is 4.20. The molecule has 100 valence electrons. The predicted molar refractivity (Wildman–Crippen MR) is 73.8 cm³/mol. The molecule has 1 aromatic carbocycles. The van der Waals surface area contributed by atoms with E-state index in [4.69, 9.17) is 11.6 Å². The predicted octanol–water partition coefficient (Wildman–Crippen LogP) is 1.32. The van der Waals surface area contributed by atoms with Gasteiger partial charge >= 0.3 is 0 Å². The molecule has 0 radical (unpaired) electrons. The number of nitrogens with one attached hydrogen (secondary N) is 1. The van der Waals surface area contributed by atoms with Crippen LogP contribution >= 0.6 is 11.6 Å². The van der Waals surface area contributed by atoms with Gasteiger partial charge in [-0.05, 0) is 35.0 Å². The van der Waals surface area contributed by atoms with Crippen LogP contribution in [0.4, 0.5) is 5.82 Å². The van der Waals surface area contributed by atoms with Crippen LogP contribution in [0.1, 0.15) is 11.3 Å². The molecule has 0 amide bonds. The highest BCUT2D eigenvalue weighted by atomic mass is 35.5. The lowest BCUT2D eigenvalue weighted by Gasteiger charge is -2.01. The molecule has 2 heterocycles. The fraction of sp³-hybridized carbons (Fsp3) is 0.0909. The summed E-state index contributed by atoms with van der Waals surface area (Å²) < 4.78 is 1.25. The smallest absolute Gasteiger partial charge is 0.260 e. The van der Waals surface area contributed by atoms with Crippen molar-refractivity contribution in [3.8, 4) is 0 Å². The fourth-order valence-electron chi connectivity index (χ4n) is 1.50. The molecule has 0 spiro atoms. The summed E-state index contributed by atoms with van der Waals surface area (Å²) in [7, 11) is 0. The number of halogens is 1. The molecule has 0 aliphatic heterocycles. The van der Waals surface area contributed by atoms with Gasteiger partial charge in [0.2, 0.25) is 0 Å². The molecule has 0 unspecified atom stereocenters. The van der Waals surface area contributed by atoms with Crippen molar-refractivity contribution in [2.24, 2.45) is 5.10 Å². The van der Waals surface area contributed by atoms with E-state index in [1.807, 2.05) is 12.1 Å². The van der Waals surface area contributed by atoms with Gasteiger partial charge in [-0.15, -0.1) is 5.10 Å². The first-order chi connectivity index (χ1) is 9.72. The number of anilines is 1. The van der Waals surface area contributed by atoms with Crippen LogP contribution < -0.4 is 5.43 Å². The van der Waals surface area contributed by atoms with Crippen molar-refractivity contribution in [2.75, 3.05) is 5.43 Å². The van der Waals surface area contributed by atoms with E-state index >= 15 is 0 Å². The lowest BCUT2D eigenvalue weighted by atomic mass is 10.2. The van der Waals surface area contributed by atoms with E-state index in [0.29, 0.717) is 22.3 Å². The third-order valence-corrected chi connectivity index (χ3v) is 2.74. The zero-order chi connectivity index (χ0) is 13.9. The number of hydrogen-bond donors (Lipinski definition) is 1. The maximum atomic E-state index is 5.81. The minimum absolute atomic E-state index is 0.305. The van der Waals surface area contributed by atoms with E-state index in [1.165, 1.54) is 4.63 Å². The second kappa shape index (κ2) is 5.17. The van der Waals surface area contributed by atoms with Crippen molar-refractivity contribution in [1.82, 2.24) is 30.2 Å². The standard InChI is InChI=1S/C11H9ClN8/c1-7-10(14-11-16-18-19-20(11)17-7)15-13-6-8-2-4-9(12)5-3-8/h2-6H,1H3,(H,14,15,16,19).